The number of nitrogens with zero attached hydrogens (tertiary/aromatic N) is 1. The standard InChI is InChI=1S/C35H40N4O7/c1-20(35(42)36-14-16-39-15-13-22-17-24(43-3)8-12-29(22)39)37-28-11-9-25-26(19-30(28)41)27(38-21(2)40)10-7-23-18-31(44-4)33(45-5)34(46-6)32(23)25/h8-9,11-13,15,17-20,27H,7,10,14,16H2,1-6H3,(H,36,42)(H,37,41)(H,38,40)/t20-,27+/m0/s1. The third-order valence-corrected chi connectivity index (χ3v) is 8.31. The van der Waals surface area contributed by atoms with E-state index in [1.165, 1.54) is 20.1 Å². The van der Waals surface area contributed by atoms with Gasteiger partial charge in [-0.25, -0.2) is 0 Å². The highest BCUT2D eigenvalue weighted by Gasteiger charge is 2.29. The van der Waals surface area contributed by atoms with E-state index in [2.05, 4.69) is 20.5 Å². The molecule has 0 fully saturated rings. The van der Waals surface area contributed by atoms with E-state index in [4.69, 9.17) is 18.9 Å². The van der Waals surface area contributed by atoms with Gasteiger partial charge in [0.1, 0.15) is 11.8 Å². The molecule has 1 aromatic heterocycles. The van der Waals surface area contributed by atoms with Crippen LogP contribution in [0.3, 0.4) is 0 Å². The summed E-state index contributed by atoms with van der Waals surface area (Å²) in [5.74, 6) is 1.76. The monoisotopic (exact) mass is 628 g/mol. The lowest BCUT2D eigenvalue weighted by Gasteiger charge is -2.19. The summed E-state index contributed by atoms with van der Waals surface area (Å²) in [5, 5.41) is 10.1. The van der Waals surface area contributed by atoms with Gasteiger partial charge in [-0.2, -0.15) is 0 Å². The molecule has 2 amide bonds. The Morgan fingerprint density at radius 3 is 2.43 bits per heavy atom. The zero-order valence-corrected chi connectivity index (χ0v) is 27.0. The Balaban J connectivity index is 1.41. The van der Waals surface area contributed by atoms with Crippen LogP contribution in [0, 0.1) is 0 Å². The molecular weight excluding hydrogens is 588 g/mol. The molecule has 46 heavy (non-hydrogen) atoms. The highest BCUT2D eigenvalue weighted by molar-refractivity contribution is 5.86. The van der Waals surface area contributed by atoms with Crippen molar-refractivity contribution in [2.75, 3.05) is 40.3 Å². The molecular formula is C35H40N4O7. The second-order valence-electron chi connectivity index (χ2n) is 11.2. The molecule has 0 radical (unpaired) electrons. The van der Waals surface area contributed by atoms with Crippen LogP contribution < -0.4 is 40.3 Å². The maximum Gasteiger partial charge on any atom is 0.242 e. The first-order chi connectivity index (χ1) is 22.2. The van der Waals surface area contributed by atoms with Crippen molar-refractivity contribution in [1.82, 2.24) is 15.2 Å². The van der Waals surface area contributed by atoms with Crippen molar-refractivity contribution < 1.29 is 28.5 Å². The second kappa shape index (κ2) is 13.8. The van der Waals surface area contributed by atoms with Crippen molar-refractivity contribution in [3.63, 3.8) is 0 Å². The van der Waals surface area contributed by atoms with Gasteiger partial charge in [-0.1, -0.05) is 6.07 Å². The molecule has 0 spiro atoms. The maximum absolute atomic E-state index is 13.6. The largest absolute Gasteiger partial charge is 0.497 e. The fourth-order valence-corrected chi connectivity index (χ4v) is 6.08. The lowest BCUT2D eigenvalue weighted by Crippen LogP contribution is -2.39. The number of carbonyl (C=O) groups excluding carboxylic acids is 2. The lowest BCUT2D eigenvalue weighted by atomic mass is 9.95. The van der Waals surface area contributed by atoms with Crippen LogP contribution in [0.1, 0.15) is 37.4 Å². The van der Waals surface area contributed by atoms with E-state index in [1.807, 2.05) is 42.6 Å². The molecule has 5 rings (SSSR count). The smallest absolute Gasteiger partial charge is 0.242 e. The number of amides is 2. The topological polar surface area (TPSA) is 129 Å². The Labute approximate surface area is 267 Å². The summed E-state index contributed by atoms with van der Waals surface area (Å²) < 4.78 is 24.5. The number of ether oxygens (including phenoxy) is 4. The second-order valence-corrected chi connectivity index (χ2v) is 11.2. The van der Waals surface area contributed by atoms with E-state index >= 15 is 0 Å². The minimum absolute atomic E-state index is 0.209. The number of hydrogen-bond donors (Lipinski definition) is 3. The minimum atomic E-state index is -0.696. The van der Waals surface area contributed by atoms with Crippen molar-refractivity contribution >= 4 is 28.4 Å². The Hall–Kier alpha value is -5.19. The Morgan fingerprint density at radius 2 is 1.74 bits per heavy atom. The number of fused-ring (bicyclic) bond motifs is 4. The van der Waals surface area contributed by atoms with Crippen molar-refractivity contribution in [1.29, 1.82) is 0 Å². The fraction of sp³-hybridized carbons (Fsp3) is 0.343. The highest BCUT2D eigenvalue weighted by Crippen LogP contribution is 2.50. The van der Waals surface area contributed by atoms with Crippen LogP contribution in [-0.2, 0) is 22.6 Å². The van der Waals surface area contributed by atoms with Gasteiger partial charge >= 0.3 is 0 Å². The highest BCUT2D eigenvalue weighted by atomic mass is 16.5. The average Bonchev–Trinajstić information content (AvgIpc) is 3.31. The number of nitrogens with one attached hydrogen (secondary N) is 3. The molecule has 3 N–H and O–H groups in total. The number of benzene rings is 2. The summed E-state index contributed by atoms with van der Waals surface area (Å²) in [6.07, 6.45) is 3.12. The molecule has 1 aliphatic rings. The van der Waals surface area contributed by atoms with Gasteiger partial charge in [-0.15, -0.1) is 0 Å². The van der Waals surface area contributed by atoms with Crippen molar-refractivity contribution in [2.45, 2.75) is 45.3 Å². The van der Waals surface area contributed by atoms with E-state index in [9.17, 15) is 14.4 Å². The molecule has 11 heteroatoms. The van der Waals surface area contributed by atoms with Crippen molar-refractivity contribution in [2.24, 2.45) is 0 Å². The molecule has 0 saturated heterocycles. The lowest BCUT2D eigenvalue weighted by molar-refractivity contribution is -0.121. The van der Waals surface area contributed by atoms with E-state index < -0.39 is 12.1 Å². The first kappa shape index (κ1) is 32.2. The molecule has 1 heterocycles. The van der Waals surface area contributed by atoms with Crippen LogP contribution in [-0.4, -0.2) is 57.4 Å². The predicted molar refractivity (Wildman–Crippen MR) is 177 cm³/mol. The molecule has 1 aliphatic carbocycles. The van der Waals surface area contributed by atoms with Crippen LogP contribution in [0.15, 0.2) is 59.5 Å². The summed E-state index contributed by atoms with van der Waals surface area (Å²) in [7, 11) is 6.29. The summed E-state index contributed by atoms with van der Waals surface area (Å²) in [4.78, 5) is 38.9. The predicted octanol–water partition coefficient (Wildman–Crippen LogP) is 4.44. The van der Waals surface area contributed by atoms with E-state index in [0.29, 0.717) is 54.3 Å². The van der Waals surface area contributed by atoms with Crippen LogP contribution in [0.2, 0.25) is 0 Å². The average molecular weight is 629 g/mol. The Bertz CT molecular complexity index is 1830. The molecule has 3 aromatic carbocycles. The molecule has 0 bridgehead atoms. The van der Waals surface area contributed by atoms with Gasteiger partial charge in [0.15, 0.2) is 11.5 Å². The first-order valence-electron chi connectivity index (χ1n) is 15.1. The van der Waals surface area contributed by atoms with Gasteiger partial charge in [0.25, 0.3) is 0 Å². The summed E-state index contributed by atoms with van der Waals surface area (Å²) in [5.41, 5.74) is 4.03. The SMILES string of the molecule is COc1ccc2c(ccn2CCNC(=O)[C@H](C)Nc2ccc3c(cc2=O)[C@H](NC(C)=O)CCc2cc(OC)c(OC)c(OC)c2-3)c1. The third kappa shape index (κ3) is 6.44. The molecule has 4 aromatic rings. The molecule has 0 aliphatic heterocycles. The van der Waals surface area contributed by atoms with Crippen LogP contribution in [0.5, 0.6) is 23.0 Å². The van der Waals surface area contributed by atoms with Crippen molar-refractivity contribution in [3.05, 3.63) is 76.1 Å². The van der Waals surface area contributed by atoms with Crippen LogP contribution >= 0.6 is 0 Å². The van der Waals surface area contributed by atoms with Crippen molar-refractivity contribution in [3.8, 4) is 34.1 Å². The maximum atomic E-state index is 13.6. The quantitative estimate of drug-likeness (QED) is 0.222. The van der Waals surface area contributed by atoms with Gasteiger partial charge in [0.2, 0.25) is 23.0 Å². The molecule has 11 nitrogen and oxygen atoms in total. The zero-order chi connectivity index (χ0) is 33.0. The molecule has 2 atom stereocenters. The first-order valence-corrected chi connectivity index (χ1v) is 15.1. The van der Waals surface area contributed by atoms with Gasteiger partial charge < -0.3 is 39.5 Å². The molecule has 0 unspecified atom stereocenters. The Kier molecular flexibility index (Phi) is 9.69. The molecule has 0 saturated carbocycles. The zero-order valence-electron chi connectivity index (χ0n) is 27.0. The van der Waals surface area contributed by atoms with E-state index in [-0.39, 0.29) is 22.9 Å². The number of carbonyl (C=O) groups is 2. The Morgan fingerprint density at radius 1 is 0.957 bits per heavy atom. The number of anilines is 1. The van der Waals surface area contributed by atoms with Gasteiger partial charge in [-0.05, 0) is 78.9 Å². The normalized spacial score (nSPS) is 14.3. The number of aromatic nitrogens is 1. The van der Waals surface area contributed by atoms with Gasteiger partial charge in [0.05, 0.1) is 40.2 Å². The summed E-state index contributed by atoms with van der Waals surface area (Å²) in [6.45, 7) is 4.14. The number of aryl methyl sites for hydroxylation is 1. The van der Waals surface area contributed by atoms with E-state index in [1.54, 1.807) is 34.3 Å². The van der Waals surface area contributed by atoms with E-state index in [0.717, 1.165) is 27.8 Å². The minimum Gasteiger partial charge on any atom is -0.497 e. The number of hydrogen-bond acceptors (Lipinski definition) is 8. The number of rotatable bonds is 11. The summed E-state index contributed by atoms with van der Waals surface area (Å²) in [6, 6.07) is 13.7. The third-order valence-electron chi connectivity index (χ3n) is 8.31. The van der Waals surface area contributed by atoms with Gasteiger partial charge in [-0.3, -0.25) is 14.4 Å². The molecule has 242 valence electrons. The van der Waals surface area contributed by atoms with Crippen LogP contribution in [0.25, 0.3) is 22.0 Å². The number of methoxy groups -OCH3 is 4. The summed E-state index contributed by atoms with van der Waals surface area (Å²) >= 11 is 0. The fourth-order valence-electron chi connectivity index (χ4n) is 6.08. The van der Waals surface area contributed by atoms with Gasteiger partial charge in [0, 0.05) is 42.7 Å². The van der Waals surface area contributed by atoms with Crippen LogP contribution in [0.4, 0.5) is 5.69 Å².